The van der Waals surface area contributed by atoms with Crippen LogP contribution < -0.4 is 10.6 Å². The van der Waals surface area contributed by atoms with E-state index in [-0.39, 0.29) is 5.82 Å². The topological polar surface area (TPSA) is 36.4 Å². The first-order valence-electron chi connectivity index (χ1n) is 5.94. The highest BCUT2D eigenvalue weighted by molar-refractivity contribution is 5.79. The number of aliphatic imine (C=N–C) groups is 1. The number of nitrogens with zero attached hydrogens (tertiary/aromatic N) is 1. The zero-order valence-corrected chi connectivity index (χ0v) is 10.7. The standard InChI is InChI=1S/C13H20FN3/c1-4-15-13(16-5-2)17-9-11-6-7-12(14)10(3)8-11/h6-8H,4-5,9H2,1-3H3,(H2,15,16,17). The van der Waals surface area contributed by atoms with Crippen molar-refractivity contribution >= 4 is 5.96 Å². The van der Waals surface area contributed by atoms with Gasteiger partial charge in [0.25, 0.3) is 0 Å². The molecule has 0 aliphatic carbocycles. The number of aryl methyl sites for hydroxylation is 1. The van der Waals surface area contributed by atoms with E-state index in [0.717, 1.165) is 24.6 Å². The first-order valence-corrected chi connectivity index (χ1v) is 5.94. The van der Waals surface area contributed by atoms with Gasteiger partial charge in [0.1, 0.15) is 5.82 Å². The second-order valence-corrected chi connectivity index (χ2v) is 3.81. The SMILES string of the molecule is CCNC(=NCc1ccc(F)c(C)c1)NCC. The lowest BCUT2D eigenvalue weighted by Crippen LogP contribution is -2.36. The number of halogens is 1. The van der Waals surface area contributed by atoms with Crippen LogP contribution in [0, 0.1) is 12.7 Å². The summed E-state index contributed by atoms with van der Waals surface area (Å²) in [5, 5.41) is 6.29. The van der Waals surface area contributed by atoms with Gasteiger partial charge in [-0.3, -0.25) is 0 Å². The van der Waals surface area contributed by atoms with Crippen molar-refractivity contribution < 1.29 is 4.39 Å². The molecule has 0 saturated heterocycles. The van der Waals surface area contributed by atoms with Crippen molar-refractivity contribution in [3.05, 3.63) is 35.1 Å². The average molecular weight is 237 g/mol. The maximum Gasteiger partial charge on any atom is 0.191 e. The smallest absolute Gasteiger partial charge is 0.191 e. The van der Waals surface area contributed by atoms with Crippen LogP contribution in [0.25, 0.3) is 0 Å². The maximum absolute atomic E-state index is 13.1. The predicted molar refractivity (Wildman–Crippen MR) is 69.6 cm³/mol. The predicted octanol–water partition coefficient (Wildman–Crippen LogP) is 2.21. The molecular formula is C13H20FN3. The molecule has 0 aromatic heterocycles. The zero-order chi connectivity index (χ0) is 12.7. The number of rotatable bonds is 4. The fraction of sp³-hybridized carbons (Fsp3) is 0.462. The molecular weight excluding hydrogens is 217 g/mol. The molecule has 0 bridgehead atoms. The third-order valence-corrected chi connectivity index (χ3v) is 2.33. The molecule has 0 saturated carbocycles. The summed E-state index contributed by atoms with van der Waals surface area (Å²) >= 11 is 0. The maximum atomic E-state index is 13.1. The van der Waals surface area contributed by atoms with Gasteiger partial charge in [-0.1, -0.05) is 12.1 Å². The van der Waals surface area contributed by atoms with E-state index < -0.39 is 0 Å². The summed E-state index contributed by atoms with van der Waals surface area (Å²) in [5.74, 6) is 0.619. The molecule has 0 heterocycles. The van der Waals surface area contributed by atoms with Crippen molar-refractivity contribution in [3.63, 3.8) is 0 Å². The summed E-state index contributed by atoms with van der Waals surface area (Å²) in [6.07, 6.45) is 0. The molecule has 0 aliphatic heterocycles. The molecule has 1 rings (SSSR count). The van der Waals surface area contributed by atoms with Crippen LogP contribution in [0.15, 0.2) is 23.2 Å². The second kappa shape index (κ2) is 6.89. The van der Waals surface area contributed by atoms with Crippen molar-refractivity contribution in [2.75, 3.05) is 13.1 Å². The largest absolute Gasteiger partial charge is 0.357 e. The van der Waals surface area contributed by atoms with Crippen molar-refractivity contribution in [2.24, 2.45) is 4.99 Å². The van der Waals surface area contributed by atoms with E-state index in [1.54, 1.807) is 13.0 Å². The Morgan fingerprint density at radius 1 is 1.24 bits per heavy atom. The van der Waals surface area contributed by atoms with E-state index in [1.807, 2.05) is 19.9 Å². The van der Waals surface area contributed by atoms with E-state index in [2.05, 4.69) is 15.6 Å². The van der Waals surface area contributed by atoms with Gasteiger partial charge in [0.05, 0.1) is 6.54 Å². The van der Waals surface area contributed by atoms with Gasteiger partial charge in [-0.25, -0.2) is 9.38 Å². The third kappa shape index (κ3) is 4.43. The third-order valence-electron chi connectivity index (χ3n) is 2.33. The Kier molecular flexibility index (Phi) is 5.46. The van der Waals surface area contributed by atoms with Gasteiger partial charge >= 0.3 is 0 Å². The molecule has 1 aromatic rings. The lowest BCUT2D eigenvalue weighted by molar-refractivity contribution is 0.617. The molecule has 4 heteroatoms. The van der Waals surface area contributed by atoms with Crippen LogP contribution in [-0.4, -0.2) is 19.0 Å². The summed E-state index contributed by atoms with van der Waals surface area (Å²) in [6.45, 7) is 8.01. The lowest BCUT2D eigenvalue weighted by Gasteiger charge is -2.09. The molecule has 0 fully saturated rings. The molecule has 0 aliphatic rings. The van der Waals surface area contributed by atoms with Crippen molar-refractivity contribution in [1.29, 1.82) is 0 Å². The van der Waals surface area contributed by atoms with Gasteiger partial charge in [0.15, 0.2) is 5.96 Å². The Labute approximate surface area is 102 Å². The minimum Gasteiger partial charge on any atom is -0.357 e. The highest BCUT2D eigenvalue weighted by Gasteiger charge is 1.99. The summed E-state index contributed by atoms with van der Waals surface area (Å²) in [5.41, 5.74) is 1.67. The van der Waals surface area contributed by atoms with Gasteiger partial charge in [-0.05, 0) is 38.0 Å². The van der Waals surface area contributed by atoms with Gasteiger partial charge < -0.3 is 10.6 Å². The highest BCUT2D eigenvalue weighted by Crippen LogP contribution is 2.09. The minimum absolute atomic E-state index is 0.170. The molecule has 3 nitrogen and oxygen atoms in total. The lowest BCUT2D eigenvalue weighted by atomic mass is 10.1. The van der Waals surface area contributed by atoms with E-state index in [4.69, 9.17) is 0 Å². The van der Waals surface area contributed by atoms with E-state index in [1.165, 1.54) is 6.07 Å². The minimum atomic E-state index is -0.170. The molecule has 17 heavy (non-hydrogen) atoms. The van der Waals surface area contributed by atoms with Crippen LogP contribution in [-0.2, 0) is 6.54 Å². The fourth-order valence-electron chi connectivity index (χ4n) is 1.48. The number of hydrogen-bond acceptors (Lipinski definition) is 1. The number of nitrogens with one attached hydrogen (secondary N) is 2. The van der Waals surface area contributed by atoms with Gasteiger partial charge in [0, 0.05) is 13.1 Å². The summed E-state index contributed by atoms with van der Waals surface area (Å²) in [6, 6.07) is 5.08. The Hall–Kier alpha value is -1.58. The highest BCUT2D eigenvalue weighted by atomic mass is 19.1. The molecule has 0 unspecified atom stereocenters. The van der Waals surface area contributed by atoms with Crippen LogP contribution in [0.3, 0.4) is 0 Å². The number of benzene rings is 1. The normalized spacial score (nSPS) is 9.88. The fourth-order valence-corrected chi connectivity index (χ4v) is 1.48. The number of hydrogen-bond donors (Lipinski definition) is 2. The van der Waals surface area contributed by atoms with Crippen LogP contribution in [0.5, 0.6) is 0 Å². The molecule has 94 valence electrons. The monoisotopic (exact) mass is 237 g/mol. The van der Waals surface area contributed by atoms with E-state index >= 15 is 0 Å². The van der Waals surface area contributed by atoms with Gasteiger partial charge in [-0.2, -0.15) is 0 Å². The van der Waals surface area contributed by atoms with Gasteiger partial charge in [0.2, 0.25) is 0 Å². The van der Waals surface area contributed by atoms with Gasteiger partial charge in [-0.15, -0.1) is 0 Å². The average Bonchev–Trinajstić information content (AvgIpc) is 2.31. The van der Waals surface area contributed by atoms with Crippen molar-refractivity contribution in [1.82, 2.24) is 10.6 Å². The van der Waals surface area contributed by atoms with Crippen LogP contribution in [0.1, 0.15) is 25.0 Å². The van der Waals surface area contributed by atoms with E-state index in [9.17, 15) is 4.39 Å². The Bertz CT molecular complexity index is 380. The molecule has 0 spiro atoms. The second-order valence-electron chi connectivity index (χ2n) is 3.81. The Morgan fingerprint density at radius 2 is 1.88 bits per heavy atom. The Balaban J connectivity index is 2.68. The molecule has 2 N–H and O–H groups in total. The van der Waals surface area contributed by atoms with Crippen LogP contribution >= 0.6 is 0 Å². The quantitative estimate of drug-likeness (QED) is 0.622. The summed E-state index contributed by atoms with van der Waals surface area (Å²) < 4.78 is 13.1. The molecule has 0 radical (unpaired) electrons. The van der Waals surface area contributed by atoms with Crippen molar-refractivity contribution in [2.45, 2.75) is 27.3 Å². The number of guanidine groups is 1. The molecule has 0 amide bonds. The zero-order valence-electron chi connectivity index (χ0n) is 10.7. The Morgan fingerprint density at radius 3 is 2.41 bits per heavy atom. The van der Waals surface area contributed by atoms with Crippen molar-refractivity contribution in [3.8, 4) is 0 Å². The van der Waals surface area contributed by atoms with Crippen LogP contribution in [0.2, 0.25) is 0 Å². The first kappa shape index (κ1) is 13.5. The van der Waals surface area contributed by atoms with Crippen LogP contribution in [0.4, 0.5) is 4.39 Å². The summed E-state index contributed by atoms with van der Waals surface area (Å²) in [4.78, 5) is 4.42. The molecule has 1 aromatic carbocycles. The molecule has 0 atom stereocenters. The van der Waals surface area contributed by atoms with E-state index in [0.29, 0.717) is 12.1 Å². The summed E-state index contributed by atoms with van der Waals surface area (Å²) in [7, 11) is 0. The first-order chi connectivity index (χ1) is 8.17.